The Morgan fingerprint density at radius 1 is 1.24 bits per heavy atom. The molecular formula is C15H13Cl2NO3. The summed E-state index contributed by atoms with van der Waals surface area (Å²) in [5, 5.41) is 13.1. The predicted octanol–water partition coefficient (Wildman–Crippen LogP) is 4.27. The van der Waals surface area contributed by atoms with E-state index in [4.69, 9.17) is 27.9 Å². The number of carbonyl (C=O) groups is 1. The molecule has 0 aliphatic carbocycles. The van der Waals surface area contributed by atoms with Gasteiger partial charge in [0.05, 0.1) is 28.4 Å². The molecule has 21 heavy (non-hydrogen) atoms. The van der Waals surface area contributed by atoms with E-state index in [9.17, 15) is 9.90 Å². The summed E-state index contributed by atoms with van der Waals surface area (Å²) in [6.07, 6.45) is 0. The molecule has 4 nitrogen and oxygen atoms in total. The van der Waals surface area contributed by atoms with Gasteiger partial charge in [-0.25, -0.2) is 0 Å². The number of anilines is 1. The molecule has 0 aromatic heterocycles. The number of halogens is 2. The summed E-state index contributed by atoms with van der Waals surface area (Å²) in [5.74, 6) is -0.228. The number of hydrogen-bond donors (Lipinski definition) is 2. The zero-order chi connectivity index (χ0) is 15.6. The van der Waals surface area contributed by atoms with Crippen molar-refractivity contribution in [2.75, 3.05) is 12.4 Å². The summed E-state index contributed by atoms with van der Waals surface area (Å²) in [4.78, 5) is 12.3. The lowest BCUT2D eigenvalue weighted by atomic mass is 10.1. The third-order valence-electron chi connectivity index (χ3n) is 2.97. The van der Waals surface area contributed by atoms with Crippen LogP contribution < -0.4 is 10.1 Å². The molecule has 1 amide bonds. The molecule has 6 heteroatoms. The number of phenols is 1. The van der Waals surface area contributed by atoms with E-state index in [1.807, 2.05) is 0 Å². The molecule has 110 valence electrons. The molecule has 0 fully saturated rings. The number of rotatable bonds is 3. The number of ether oxygens (including phenoxy) is 1. The fourth-order valence-corrected chi connectivity index (χ4v) is 2.24. The summed E-state index contributed by atoms with van der Waals surface area (Å²) in [6.45, 7) is 1.80. The minimum atomic E-state index is -0.527. The minimum absolute atomic E-state index is 0.0722. The van der Waals surface area contributed by atoms with E-state index >= 15 is 0 Å². The molecule has 0 aliphatic rings. The van der Waals surface area contributed by atoms with Crippen molar-refractivity contribution in [1.82, 2.24) is 0 Å². The van der Waals surface area contributed by atoms with Gasteiger partial charge in [-0.15, -0.1) is 0 Å². The fraction of sp³-hybridized carbons (Fsp3) is 0.133. The quantitative estimate of drug-likeness (QED) is 0.886. The molecule has 0 heterocycles. The van der Waals surface area contributed by atoms with Gasteiger partial charge < -0.3 is 15.2 Å². The maximum Gasteiger partial charge on any atom is 0.259 e. The molecule has 0 radical (unpaired) electrons. The molecular weight excluding hydrogens is 313 g/mol. The highest BCUT2D eigenvalue weighted by atomic mass is 35.5. The molecule has 2 aromatic rings. The molecule has 0 saturated carbocycles. The van der Waals surface area contributed by atoms with E-state index in [1.54, 1.807) is 25.1 Å². The van der Waals surface area contributed by atoms with Gasteiger partial charge in [-0.3, -0.25) is 4.79 Å². The van der Waals surface area contributed by atoms with Crippen LogP contribution in [-0.2, 0) is 0 Å². The molecule has 0 atom stereocenters. The molecule has 0 aliphatic heterocycles. The average molecular weight is 326 g/mol. The van der Waals surface area contributed by atoms with E-state index in [2.05, 4.69) is 5.32 Å². The third-order valence-corrected chi connectivity index (χ3v) is 3.77. The van der Waals surface area contributed by atoms with Crippen molar-refractivity contribution in [3.63, 3.8) is 0 Å². The normalized spacial score (nSPS) is 10.3. The van der Waals surface area contributed by atoms with E-state index < -0.39 is 5.91 Å². The number of benzene rings is 2. The highest BCUT2D eigenvalue weighted by molar-refractivity contribution is 6.40. The monoisotopic (exact) mass is 325 g/mol. The zero-order valence-electron chi connectivity index (χ0n) is 11.4. The Morgan fingerprint density at radius 3 is 2.62 bits per heavy atom. The van der Waals surface area contributed by atoms with E-state index in [-0.39, 0.29) is 11.3 Å². The highest BCUT2D eigenvalue weighted by Gasteiger charge is 2.16. The van der Waals surface area contributed by atoms with Gasteiger partial charge >= 0.3 is 0 Å². The number of phenolic OH excluding ortho intramolecular Hbond substituents is 1. The second kappa shape index (κ2) is 6.24. The number of hydrogen-bond acceptors (Lipinski definition) is 3. The van der Waals surface area contributed by atoms with Crippen molar-refractivity contribution in [1.29, 1.82) is 0 Å². The first-order chi connectivity index (χ1) is 9.93. The first kappa shape index (κ1) is 15.5. The van der Waals surface area contributed by atoms with Crippen LogP contribution in [0.25, 0.3) is 0 Å². The lowest BCUT2D eigenvalue weighted by Gasteiger charge is -2.12. The largest absolute Gasteiger partial charge is 0.507 e. The number of methoxy groups -OCH3 is 1. The van der Waals surface area contributed by atoms with Crippen LogP contribution >= 0.6 is 23.2 Å². The Morgan fingerprint density at radius 2 is 1.95 bits per heavy atom. The van der Waals surface area contributed by atoms with Crippen LogP contribution in [0.3, 0.4) is 0 Å². The Labute approximate surface area is 132 Å². The Balaban J connectivity index is 2.37. The lowest BCUT2D eigenvalue weighted by molar-refractivity contribution is 0.102. The van der Waals surface area contributed by atoms with Crippen molar-refractivity contribution in [3.8, 4) is 11.5 Å². The number of amides is 1. The predicted molar refractivity (Wildman–Crippen MR) is 83.8 cm³/mol. The van der Waals surface area contributed by atoms with Crippen molar-refractivity contribution in [2.45, 2.75) is 6.92 Å². The molecule has 2 rings (SSSR count). The fourth-order valence-electron chi connectivity index (χ4n) is 1.78. The SMILES string of the molecule is COc1ccc(O)c(C(=O)Nc2c(Cl)ccc(C)c2Cl)c1. The smallest absolute Gasteiger partial charge is 0.259 e. The third kappa shape index (κ3) is 3.23. The maximum absolute atomic E-state index is 12.3. The zero-order valence-corrected chi connectivity index (χ0v) is 12.9. The van der Waals surface area contributed by atoms with E-state index in [0.717, 1.165) is 5.56 Å². The first-order valence-electron chi connectivity index (χ1n) is 6.07. The maximum atomic E-state index is 12.3. The summed E-state index contributed by atoms with van der Waals surface area (Å²) in [5.41, 5.74) is 1.17. The molecule has 0 unspecified atom stereocenters. The van der Waals surface area contributed by atoms with Gasteiger partial charge in [0.2, 0.25) is 0 Å². The molecule has 0 spiro atoms. The van der Waals surface area contributed by atoms with Crippen molar-refractivity contribution in [2.24, 2.45) is 0 Å². The van der Waals surface area contributed by atoms with E-state index in [0.29, 0.717) is 21.5 Å². The molecule has 2 N–H and O–H groups in total. The molecule has 0 saturated heterocycles. The topological polar surface area (TPSA) is 58.6 Å². The Bertz CT molecular complexity index is 702. The lowest BCUT2D eigenvalue weighted by Crippen LogP contribution is -2.13. The summed E-state index contributed by atoms with van der Waals surface area (Å²) >= 11 is 12.2. The number of nitrogens with one attached hydrogen (secondary N) is 1. The summed E-state index contributed by atoms with van der Waals surface area (Å²) in [7, 11) is 1.47. The van der Waals surface area contributed by atoms with Gasteiger partial charge in [0, 0.05) is 0 Å². The average Bonchev–Trinajstić information content (AvgIpc) is 2.48. The molecule has 2 aromatic carbocycles. The van der Waals surface area contributed by atoms with Gasteiger partial charge in [0.15, 0.2) is 0 Å². The van der Waals surface area contributed by atoms with Crippen LogP contribution in [0.4, 0.5) is 5.69 Å². The number of aryl methyl sites for hydroxylation is 1. The molecule has 0 bridgehead atoms. The standard InChI is InChI=1S/C15H13Cl2NO3/c1-8-3-5-11(16)14(13(8)17)18-15(20)10-7-9(21-2)4-6-12(10)19/h3-7,19H,1-2H3,(H,18,20). The number of aromatic hydroxyl groups is 1. The van der Waals surface area contributed by atoms with Crippen LogP contribution in [0, 0.1) is 6.92 Å². The minimum Gasteiger partial charge on any atom is -0.507 e. The first-order valence-corrected chi connectivity index (χ1v) is 6.82. The van der Waals surface area contributed by atoms with Crippen LogP contribution in [0.5, 0.6) is 11.5 Å². The van der Waals surface area contributed by atoms with Crippen LogP contribution in [0.15, 0.2) is 30.3 Å². The van der Waals surface area contributed by atoms with Gasteiger partial charge in [0.25, 0.3) is 5.91 Å². The van der Waals surface area contributed by atoms with Gasteiger partial charge in [-0.05, 0) is 36.8 Å². The van der Waals surface area contributed by atoms with E-state index in [1.165, 1.54) is 19.2 Å². The number of carbonyl (C=O) groups excluding carboxylic acids is 1. The summed E-state index contributed by atoms with van der Waals surface area (Å²) in [6, 6.07) is 7.77. The van der Waals surface area contributed by atoms with Crippen LogP contribution in [-0.4, -0.2) is 18.1 Å². The van der Waals surface area contributed by atoms with Crippen LogP contribution in [0.1, 0.15) is 15.9 Å². The van der Waals surface area contributed by atoms with Gasteiger partial charge in [-0.2, -0.15) is 0 Å². The van der Waals surface area contributed by atoms with Gasteiger partial charge in [-0.1, -0.05) is 29.3 Å². The second-order valence-electron chi connectivity index (χ2n) is 4.39. The van der Waals surface area contributed by atoms with Crippen molar-refractivity contribution < 1.29 is 14.6 Å². The summed E-state index contributed by atoms with van der Waals surface area (Å²) < 4.78 is 5.03. The van der Waals surface area contributed by atoms with Crippen molar-refractivity contribution >= 4 is 34.8 Å². The van der Waals surface area contributed by atoms with Crippen molar-refractivity contribution in [3.05, 3.63) is 51.5 Å². The second-order valence-corrected chi connectivity index (χ2v) is 5.18. The Hall–Kier alpha value is -1.91. The Kier molecular flexibility index (Phi) is 4.60. The highest BCUT2D eigenvalue weighted by Crippen LogP contribution is 2.34. The van der Waals surface area contributed by atoms with Crippen LogP contribution in [0.2, 0.25) is 10.0 Å². The van der Waals surface area contributed by atoms with Gasteiger partial charge in [0.1, 0.15) is 11.5 Å².